The minimum absolute atomic E-state index is 0.518. The highest BCUT2D eigenvalue weighted by Gasteiger charge is 2.13. The zero-order valence-electron chi connectivity index (χ0n) is 19.7. The van der Waals surface area contributed by atoms with Crippen LogP contribution in [0.4, 0.5) is 5.69 Å². The lowest BCUT2D eigenvalue weighted by Gasteiger charge is -2.30. The molecule has 0 aliphatic heterocycles. The predicted molar refractivity (Wildman–Crippen MR) is 139 cm³/mol. The largest absolute Gasteiger partial charge is 0.369 e. The predicted octanol–water partition coefficient (Wildman–Crippen LogP) is 6.03. The summed E-state index contributed by atoms with van der Waals surface area (Å²) in [5, 5.41) is 1.05. The minimum atomic E-state index is 0.518. The second-order valence-electron chi connectivity index (χ2n) is 7.96. The van der Waals surface area contributed by atoms with Crippen LogP contribution in [0.2, 0.25) is 10.0 Å². The average molecular weight is 476 g/mol. The van der Waals surface area contributed by atoms with E-state index in [1.807, 2.05) is 12.1 Å². The number of rotatable bonds is 12. The smallest absolute Gasteiger partial charge is 0.138 e. The highest BCUT2D eigenvalue weighted by molar-refractivity contribution is 6.42. The standard InChI is InChI=1S/C25H35Cl2N5/c1-5-30(6-2)12-14-32(15-13-31(7-3)8-4)20-11-9-10-19(16-20)25-28-23-17-21(26)22(27)18-24(23)29-25/h9-11,16-18H,5-8,12-15H2,1-4H3,(H,28,29). The third-order valence-electron chi connectivity index (χ3n) is 6.17. The second-order valence-corrected chi connectivity index (χ2v) is 8.77. The SMILES string of the molecule is CCN(CC)CCN(CCN(CC)CC)c1cccc(-c2nc3cc(Cl)c(Cl)cc3[nH]2)c1. The number of nitrogens with zero attached hydrogens (tertiary/aromatic N) is 4. The number of halogens is 2. The van der Waals surface area contributed by atoms with E-state index in [1.54, 1.807) is 0 Å². The van der Waals surface area contributed by atoms with Gasteiger partial charge in [0, 0.05) is 37.4 Å². The van der Waals surface area contributed by atoms with E-state index >= 15 is 0 Å². The first-order chi connectivity index (χ1) is 15.5. The lowest BCUT2D eigenvalue weighted by Crippen LogP contribution is -2.39. The van der Waals surface area contributed by atoms with Gasteiger partial charge in [0.15, 0.2) is 0 Å². The Morgan fingerprint density at radius 3 is 1.97 bits per heavy atom. The molecule has 0 unspecified atom stereocenters. The molecule has 1 N–H and O–H groups in total. The van der Waals surface area contributed by atoms with Crippen LogP contribution in [-0.4, -0.2) is 72.1 Å². The molecular weight excluding hydrogens is 441 g/mol. The first-order valence-electron chi connectivity index (χ1n) is 11.6. The molecule has 174 valence electrons. The first-order valence-corrected chi connectivity index (χ1v) is 12.4. The molecule has 32 heavy (non-hydrogen) atoms. The number of hydrogen-bond acceptors (Lipinski definition) is 4. The molecule has 5 nitrogen and oxygen atoms in total. The Balaban J connectivity index is 1.86. The number of aromatic nitrogens is 2. The summed E-state index contributed by atoms with van der Waals surface area (Å²) in [6, 6.07) is 12.3. The monoisotopic (exact) mass is 475 g/mol. The first kappa shape index (κ1) is 24.8. The molecule has 0 bridgehead atoms. The number of fused-ring (bicyclic) bond motifs is 1. The van der Waals surface area contributed by atoms with Crippen molar-refractivity contribution in [1.29, 1.82) is 0 Å². The molecular formula is C25H35Cl2N5. The van der Waals surface area contributed by atoms with Crippen molar-refractivity contribution >= 4 is 39.9 Å². The van der Waals surface area contributed by atoms with Gasteiger partial charge in [-0.15, -0.1) is 0 Å². The molecule has 1 heterocycles. The fraction of sp³-hybridized carbons (Fsp3) is 0.480. The molecule has 3 aromatic rings. The van der Waals surface area contributed by atoms with Gasteiger partial charge in [-0.3, -0.25) is 0 Å². The highest BCUT2D eigenvalue weighted by Crippen LogP contribution is 2.30. The fourth-order valence-corrected chi connectivity index (χ4v) is 4.29. The van der Waals surface area contributed by atoms with Gasteiger partial charge in [0.25, 0.3) is 0 Å². The summed E-state index contributed by atoms with van der Waals surface area (Å²) in [6.07, 6.45) is 0. The van der Waals surface area contributed by atoms with Gasteiger partial charge in [-0.25, -0.2) is 4.98 Å². The minimum Gasteiger partial charge on any atom is -0.369 e. The van der Waals surface area contributed by atoms with Gasteiger partial charge < -0.3 is 19.7 Å². The molecule has 7 heteroatoms. The molecule has 0 fully saturated rings. The van der Waals surface area contributed by atoms with Gasteiger partial charge >= 0.3 is 0 Å². The van der Waals surface area contributed by atoms with E-state index in [0.29, 0.717) is 10.0 Å². The number of hydrogen-bond donors (Lipinski definition) is 1. The molecule has 0 aliphatic carbocycles. The van der Waals surface area contributed by atoms with E-state index in [2.05, 4.69) is 71.6 Å². The lowest BCUT2D eigenvalue weighted by atomic mass is 10.1. The Morgan fingerprint density at radius 1 is 0.781 bits per heavy atom. The van der Waals surface area contributed by atoms with Crippen LogP contribution in [-0.2, 0) is 0 Å². The van der Waals surface area contributed by atoms with Crippen molar-refractivity contribution in [2.75, 3.05) is 57.3 Å². The van der Waals surface area contributed by atoms with Crippen molar-refractivity contribution in [2.24, 2.45) is 0 Å². The molecule has 0 saturated carbocycles. The van der Waals surface area contributed by atoms with Crippen LogP contribution in [0.5, 0.6) is 0 Å². The van der Waals surface area contributed by atoms with Crippen molar-refractivity contribution in [3.05, 3.63) is 46.4 Å². The molecule has 0 spiro atoms. The molecule has 0 amide bonds. The van der Waals surface area contributed by atoms with Crippen LogP contribution in [0, 0.1) is 0 Å². The van der Waals surface area contributed by atoms with Crippen LogP contribution < -0.4 is 4.90 Å². The van der Waals surface area contributed by atoms with Gasteiger partial charge in [-0.05, 0) is 50.4 Å². The van der Waals surface area contributed by atoms with E-state index in [4.69, 9.17) is 28.2 Å². The number of H-pyrrole nitrogens is 1. The Hall–Kier alpha value is -1.79. The van der Waals surface area contributed by atoms with Crippen LogP contribution in [0.15, 0.2) is 36.4 Å². The maximum atomic E-state index is 6.18. The summed E-state index contributed by atoms with van der Waals surface area (Å²) >= 11 is 12.4. The Morgan fingerprint density at radius 2 is 1.38 bits per heavy atom. The summed E-state index contributed by atoms with van der Waals surface area (Å²) < 4.78 is 0. The molecule has 0 aliphatic rings. The normalized spacial score (nSPS) is 11.8. The summed E-state index contributed by atoms with van der Waals surface area (Å²) in [7, 11) is 0. The molecule has 0 saturated heterocycles. The summed E-state index contributed by atoms with van der Waals surface area (Å²) in [5.74, 6) is 0.826. The van der Waals surface area contributed by atoms with Crippen LogP contribution in [0.3, 0.4) is 0 Å². The van der Waals surface area contributed by atoms with Crippen molar-refractivity contribution in [2.45, 2.75) is 27.7 Å². The topological polar surface area (TPSA) is 38.4 Å². The van der Waals surface area contributed by atoms with E-state index in [-0.39, 0.29) is 0 Å². The van der Waals surface area contributed by atoms with Crippen molar-refractivity contribution in [1.82, 2.24) is 19.8 Å². The van der Waals surface area contributed by atoms with E-state index in [9.17, 15) is 0 Å². The summed E-state index contributed by atoms with van der Waals surface area (Å²) in [4.78, 5) is 15.6. The third-order valence-corrected chi connectivity index (χ3v) is 6.89. The van der Waals surface area contributed by atoms with Crippen molar-refractivity contribution in [3.63, 3.8) is 0 Å². The van der Waals surface area contributed by atoms with Gasteiger partial charge in [-0.2, -0.15) is 0 Å². The Bertz CT molecular complexity index is 940. The van der Waals surface area contributed by atoms with Gasteiger partial charge in [0.1, 0.15) is 5.82 Å². The van der Waals surface area contributed by atoms with Crippen molar-refractivity contribution < 1.29 is 0 Å². The quantitative estimate of drug-likeness (QED) is 0.347. The molecule has 3 rings (SSSR count). The number of imidazole rings is 1. The Labute approximate surface area is 202 Å². The number of benzene rings is 2. The maximum absolute atomic E-state index is 6.18. The summed E-state index contributed by atoms with van der Waals surface area (Å²) in [6.45, 7) is 17.3. The number of anilines is 1. The van der Waals surface area contributed by atoms with Crippen molar-refractivity contribution in [3.8, 4) is 11.4 Å². The van der Waals surface area contributed by atoms with Gasteiger partial charge in [0.2, 0.25) is 0 Å². The third kappa shape index (κ3) is 6.16. The number of aromatic amines is 1. The molecule has 0 atom stereocenters. The van der Waals surface area contributed by atoms with Crippen LogP contribution in [0.25, 0.3) is 22.4 Å². The average Bonchev–Trinajstić information content (AvgIpc) is 3.22. The van der Waals surface area contributed by atoms with Gasteiger partial charge in [-0.1, -0.05) is 63.0 Å². The van der Waals surface area contributed by atoms with E-state index < -0.39 is 0 Å². The lowest BCUT2D eigenvalue weighted by molar-refractivity contribution is 0.294. The van der Waals surface area contributed by atoms with Crippen LogP contribution in [0.1, 0.15) is 27.7 Å². The van der Waals surface area contributed by atoms with Gasteiger partial charge in [0.05, 0.1) is 21.1 Å². The fourth-order valence-electron chi connectivity index (χ4n) is 3.97. The Kier molecular flexibility index (Phi) is 9.23. The van der Waals surface area contributed by atoms with E-state index in [0.717, 1.165) is 74.8 Å². The summed E-state index contributed by atoms with van der Waals surface area (Å²) in [5.41, 5.74) is 3.99. The molecule has 0 radical (unpaired) electrons. The van der Waals surface area contributed by atoms with E-state index in [1.165, 1.54) is 5.69 Å². The zero-order valence-corrected chi connectivity index (χ0v) is 21.2. The molecule has 2 aromatic carbocycles. The highest BCUT2D eigenvalue weighted by atomic mass is 35.5. The van der Waals surface area contributed by atoms with Crippen LogP contribution >= 0.6 is 23.2 Å². The maximum Gasteiger partial charge on any atom is 0.138 e. The molecule has 1 aromatic heterocycles. The number of likely N-dealkylation sites (N-methyl/N-ethyl adjacent to an activating group) is 2. The number of nitrogens with one attached hydrogen (secondary N) is 1. The zero-order chi connectivity index (χ0) is 23.1. The second kappa shape index (κ2) is 11.9.